The van der Waals surface area contributed by atoms with Gasteiger partial charge in [-0.15, -0.1) is 0 Å². The summed E-state index contributed by atoms with van der Waals surface area (Å²) < 4.78 is 13.1. The minimum Gasteiger partial charge on any atom is -0.376 e. The van der Waals surface area contributed by atoms with Gasteiger partial charge in [-0.05, 0) is 41.1 Å². The fourth-order valence-electron chi connectivity index (χ4n) is 2.26. The first kappa shape index (κ1) is 15.3. The van der Waals surface area contributed by atoms with Crippen LogP contribution in [0.15, 0.2) is 60.7 Å². The van der Waals surface area contributed by atoms with Gasteiger partial charge in [-0.1, -0.05) is 41.9 Å². The first-order valence-electron chi connectivity index (χ1n) is 7.09. The quantitative estimate of drug-likeness (QED) is 0.730. The molecule has 116 valence electrons. The topological polar surface area (TPSA) is 41.1 Å². The zero-order valence-corrected chi connectivity index (χ0v) is 12.9. The Balaban J connectivity index is 1.62. The van der Waals surface area contributed by atoms with Crippen molar-refractivity contribution in [1.82, 2.24) is 0 Å². The van der Waals surface area contributed by atoms with E-state index < -0.39 is 5.82 Å². The van der Waals surface area contributed by atoms with Crippen LogP contribution in [0.3, 0.4) is 0 Å². The van der Waals surface area contributed by atoms with Crippen molar-refractivity contribution in [2.45, 2.75) is 0 Å². The lowest BCUT2D eigenvalue weighted by Crippen LogP contribution is -2.21. The number of anilines is 2. The summed E-state index contributed by atoms with van der Waals surface area (Å²) >= 11 is 5.70. The number of halogens is 2. The molecule has 0 fully saturated rings. The van der Waals surface area contributed by atoms with Gasteiger partial charge in [0, 0.05) is 11.4 Å². The van der Waals surface area contributed by atoms with Gasteiger partial charge in [0.25, 0.3) is 0 Å². The van der Waals surface area contributed by atoms with Crippen LogP contribution in [0.5, 0.6) is 0 Å². The highest BCUT2D eigenvalue weighted by molar-refractivity contribution is 6.31. The summed E-state index contributed by atoms with van der Waals surface area (Å²) in [5.41, 5.74) is 1.32. The van der Waals surface area contributed by atoms with Gasteiger partial charge >= 0.3 is 0 Å². The van der Waals surface area contributed by atoms with E-state index in [0.717, 1.165) is 16.5 Å². The highest BCUT2D eigenvalue weighted by Crippen LogP contribution is 2.20. The van der Waals surface area contributed by atoms with Gasteiger partial charge < -0.3 is 10.6 Å². The minimum atomic E-state index is -0.488. The summed E-state index contributed by atoms with van der Waals surface area (Å²) in [6.07, 6.45) is 0. The van der Waals surface area contributed by atoms with E-state index in [4.69, 9.17) is 11.6 Å². The first-order valence-corrected chi connectivity index (χ1v) is 7.47. The Morgan fingerprint density at radius 1 is 0.957 bits per heavy atom. The molecule has 0 aromatic heterocycles. The Labute approximate surface area is 138 Å². The summed E-state index contributed by atoms with van der Waals surface area (Å²) in [6, 6.07) is 17.9. The number of carbonyl (C=O) groups excluding carboxylic acids is 1. The van der Waals surface area contributed by atoms with Crippen molar-refractivity contribution in [2.75, 3.05) is 17.2 Å². The largest absolute Gasteiger partial charge is 0.376 e. The monoisotopic (exact) mass is 328 g/mol. The van der Waals surface area contributed by atoms with E-state index in [1.54, 1.807) is 0 Å². The van der Waals surface area contributed by atoms with Crippen LogP contribution in [-0.2, 0) is 4.79 Å². The molecule has 0 aliphatic carbocycles. The molecular weight excluding hydrogens is 315 g/mol. The smallest absolute Gasteiger partial charge is 0.243 e. The summed E-state index contributed by atoms with van der Waals surface area (Å²) in [5, 5.41) is 7.92. The molecule has 2 N–H and O–H groups in total. The van der Waals surface area contributed by atoms with Crippen molar-refractivity contribution >= 4 is 39.7 Å². The maximum atomic E-state index is 13.1. The Bertz CT molecular complexity index is 867. The predicted octanol–water partition coefficient (Wildman–Crippen LogP) is 4.68. The highest BCUT2D eigenvalue weighted by atomic mass is 35.5. The molecule has 3 rings (SSSR count). The molecule has 0 heterocycles. The molecule has 0 unspecified atom stereocenters. The molecule has 3 nitrogen and oxygen atoms in total. The van der Waals surface area contributed by atoms with Crippen molar-refractivity contribution in [1.29, 1.82) is 0 Å². The third-order valence-electron chi connectivity index (χ3n) is 3.41. The molecule has 0 spiro atoms. The van der Waals surface area contributed by atoms with E-state index >= 15 is 0 Å². The number of benzene rings is 3. The normalized spacial score (nSPS) is 10.5. The molecule has 23 heavy (non-hydrogen) atoms. The SMILES string of the molecule is O=C(CNc1ccc(F)c(Cl)c1)Nc1ccc2ccccc2c1. The Hall–Kier alpha value is -2.59. The average Bonchev–Trinajstić information content (AvgIpc) is 2.56. The molecule has 0 saturated carbocycles. The summed E-state index contributed by atoms with van der Waals surface area (Å²) in [5.74, 6) is -0.682. The van der Waals surface area contributed by atoms with E-state index in [1.807, 2.05) is 42.5 Å². The molecular formula is C18H14ClFN2O. The molecule has 0 saturated heterocycles. The van der Waals surface area contributed by atoms with Gasteiger partial charge in [-0.2, -0.15) is 0 Å². The van der Waals surface area contributed by atoms with Crippen LogP contribution in [0.2, 0.25) is 5.02 Å². The number of fused-ring (bicyclic) bond motifs is 1. The highest BCUT2D eigenvalue weighted by Gasteiger charge is 2.05. The Morgan fingerprint density at radius 3 is 2.48 bits per heavy atom. The van der Waals surface area contributed by atoms with Gasteiger partial charge in [-0.3, -0.25) is 4.79 Å². The third-order valence-corrected chi connectivity index (χ3v) is 3.70. The number of hydrogen-bond donors (Lipinski definition) is 2. The lowest BCUT2D eigenvalue weighted by molar-refractivity contribution is -0.114. The summed E-state index contributed by atoms with van der Waals surface area (Å²) in [7, 11) is 0. The maximum Gasteiger partial charge on any atom is 0.243 e. The molecule has 0 aliphatic rings. The zero-order chi connectivity index (χ0) is 16.2. The van der Waals surface area contributed by atoms with E-state index in [9.17, 15) is 9.18 Å². The molecule has 0 bridgehead atoms. The van der Waals surface area contributed by atoms with E-state index in [-0.39, 0.29) is 17.5 Å². The number of rotatable bonds is 4. The standard InChI is InChI=1S/C18H14ClFN2O/c19-16-10-14(7-8-17(16)20)21-11-18(23)22-15-6-5-12-3-1-2-4-13(12)9-15/h1-10,21H,11H2,(H,22,23). The second-order valence-electron chi connectivity index (χ2n) is 5.09. The van der Waals surface area contributed by atoms with Gasteiger partial charge in [-0.25, -0.2) is 4.39 Å². The van der Waals surface area contributed by atoms with Crippen LogP contribution in [0, 0.1) is 5.82 Å². The first-order chi connectivity index (χ1) is 11.1. The van der Waals surface area contributed by atoms with Crippen molar-refractivity contribution in [3.05, 3.63) is 71.5 Å². The lowest BCUT2D eigenvalue weighted by Gasteiger charge is -2.09. The van der Waals surface area contributed by atoms with Crippen LogP contribution >= 0.6 is 11.6 Å². The van der Waals surface area contributed by atoms with E-state index in [2.05, 4.69) is 10.6 Å². The number of nitrogens with one attached hydrogen (secondary N) is 2. The van der Waals surface area contributed by atoms with Crippen molar-refractivity contribution in [3.8, 4) is 0 Å². The van der Waals surface area contributed by atoms with Crippen LogP contribution in [0.4, 0.5) is 15.8 Å². The average molecular weight is 329 g/mol. The van der Waals surface area contributed by atoms with Crippen LogP contribution < -0.4 is 10.6 Å². The van der Waals surface area contributed by atoms with Crippen molar-refractivity contribution < 1.29 is 9.18 Å². The van der Waals surface area contributed by atoms with Gasteiger partial charge in [0.1, 0.15) is 5.82 Å². The molecule has 5 heteroatoms. The van der Waals surface area contributed by atoms with Crippen molar-refractivity contribution in [3.63, 3.8) is 0 Å². The van der Waals surface area contributed by atoms with Crippen molar-refractivity contribution in [2.24, 2.45) is 0 Å². The van der Waals surface area contributed by atoms with Gasteiger partial charge in [0.2, 0.25) is 5.91 Å². The molecule has 1 amide bonds. The number of hydrogen-bond acceptors (Lipinski definition) is 2. The van der Waals surface area contributed by atoms with E-state index in [0.29, 0.717) is 5.69 Å². The number of carbonyl (C=O) groups is 1. The van der Waals surface area contributed by atoms with Crippen LogP contribution in [0.1, 0.15) is 0 Å². The third kappa shape index (κ3) is 3.79. The number of amides is 1. The van der Waals surface area contributed by atoms with Gasteiger partial charge in [0.05, 0.1) is 11.6 Å². The predicted molar refractivity (Wildman–Crippen MR) is 92.5 cm³/mol. The second kappa shape index (κ2) is 6.67. The summed E-state index contributed by atoms with van der Waals surface area (Å²) in [6.45, 7) is 0.0643. The summed E-state index contributed by atoms with van der Waals surface area (Å²) in [4.78, 5) is 12.0. The maximum absolute atomic E-state index is 13.1. The molecule has 3 aromatic carbocycles. The lowest BCUT2D eigenvalue weighted by atomic mass is 10.1. The van der Waals surface area contributed by atoms with Gasteiger partial charge in [0.15, 0.2) is 0 Å². The Kier molecular flexibility index (Phi) is 4.44. The van der Waals surface area contributed by atoms with E-state index in [1.165, 1.54) is 18.2 Å². The minimum absolute atomic E-state index is 0.0185. The Morgan fingerprint density at radius 2 is 1.70 bits per heavy atom. The zero-order valence-electron chi connectivity index (χ0n) is 12.1. The van der Waals surface area contributed by atoms with Crippen LogP contribution in [-0.4, -0.2) is 12.5 Å². The molecule has 0 aliphatic heterocycles. The van der Waals surface area contributed by atoms with Crippen LogP contribution in [0.25, 0.3) is 10.8 Å². The second-order valence-corrected chi connectivity index (χ2v) is 5.50. The fourth-order valence-corrected chi connectivity index (χ4v) is 2.44. The fraction of sp³-hybridized carbons (Fsp3) is 0.0556. The molecule has 0 atom stereocenters. The molecule has 3 aromatic rings. The molecule has 0 radical (unpaired) electrons.